The van der Waals surface area contributed by atoms with Crippen LogP contribution in [0.5, 0.6) is 0 Å². The van der Waals surface area contributed by atoms with Gasteiger partial charge in [0.25, 0.3) is 0 Å². The number of rotatable bonds is 6. The smallest absolute Gasteiger partial charge is 0.219 e. The molecule has 0 saturated carbocycles. The van der Waals surface area contributed by atoms with Gasteiger partial charge in [-0.2, -0.15) is 0 Å². The quantitative estimate of drug-likeness (QED) is 0.653. The Morgan fingerprint density at radius 3 is 2.76 bits per heavy atom. The zero-order valence-corrected chi connectivity index (χ0v) is 11.2. The van der Waals surface area contributed by atoms with Crippen LogP contribution in [0, 0.1) is 0 Å². The van der Waals surface area contributed by atoms with Crippen molar-refractivity contribution < 1.29 is 13.2 Å². The molecule has 6 nitrogen and oxygen atoms in total. The van der Waals surface area contributed by atoms with Gasteiger partial charge in [-0.3, -0.25) is 9.69 Å². The van der Waals surface area contributed by atoms with E-state index >= 15 is 0 Å². The summed E-state index contributed by atoms with van der Waals surface area (Å²) < 4.78 is 24.2. The Bertz CT molecular complexity index is 356. The number of hydrogen-bond donors (Lipinski definition) is 2. The monoisotopic (exact) mass is 263 g/mol. The highest BCUT2D eigenvalue weighted by molar-refractivity contribution is 7.88. The summed E-state index contributed by atoms with van der Waals surface area (Å²) in [6.45, 7) is 4.65. The second-order valence-electron chi connectivity index (χ2n) is 4.37. The van der Waals surface area contributed by atoms with Crippen molar-refractivity contribution in [2.75, 3.05) is 32.4 Å². The summed E-state index contributed by atoms with van der Waals surface area (Å²) in [6.07, 6.45) is 2.60. The molecule has 2 N–H and O–H groups in total. The number of nitrogens with one attached hydrogen (secondary N) is 2. The van der Waals surface area contributed by atoms with Crippen LogP contribution in [-0.2, 0) is 14.8 Å². The summed E-state index contributed by atoms with van der Waals surface area (Å²) in [4.78, 5) is 13.4. The molecule has 1 amide bonds. The zero-order chi connectivity index (χ0) is 12.9. The molecule has 1 atom stereocenters. The maximum absolute atomic E-state index is 11.2. The van der Waals surface area contributed by atoms with E-state index in [1.807, 2.05) is 6.92 Å². The van der Waals surface area contributed by atoms with Gasteiger partial charge in [0.1, 0.15) is 0 Å². The summed E-state index contributed by atoms with van der Waals surface area (Å²) in [5.41, 5.74) is 0. The Labute approximate surface area is 103 Å². The maximum atomic E-state index is 11.2. The Kier molecular flexibility index (Phi) is 5.35. The lowest BCUT2D eigenvalue weighted by Crippen LogP contribution is -2.38. The molecule has 7 heteroatoms. The minimum absolute atomic E-state index is 0.0751. The molecule has 1 aliphatic rings. The fourth-order valence-electron chi connectivity index (χ4n) is 1.87. The first-order chi connectivity index (χ1) is 7.90. The van der Waals surface area contributed by atoms with E-state index in [9.17, 15) is 13.2 Å². The van der Waals surface area contributed by atoms with E-state index in [4.69, 9.17) is 0 Å². The van der Waals surface area contributed by atoms with E-state index in [1.165, 1.54) is 0 Å². The molecule has 0 aliphatic carbocycles. The third-order valence-electron chi connectivity index (χ3n) is 2.75. The highest BCUT2D eigenvalue weighted by Crippen LogP contribution is 2.08. The summed E-state index contributed by atoms with van der Waals surface area (Å²) >= 11 is 0. The highest BCUT2D eigenvalue weighted by Gasteiger charge is 2.22. The minimum Gasteiger partial charge on any atom is -0.352 e. The van der Waals surface area contributed by atoms with Crippen LogP contribution < -0.4 is 10.0 Å². The summed E-state index contributed by atoms with van der Waals surface area (Å²) in [6, 6.07) is 0.209. The molecular weight excluding hydrogens is 242 g/mol. The SMILES string of the molecule is CCC(=O)NC1CCN(CCNS(C)(=O)=O)C1. The molecule has 0 aromatic rings. The van der Waals surface area contributed by atoms with Gasteiger partial charge >= 0.3 is 0 Å². The third kappa shape index (κ3) is 5.99. The number of carbonyl (C=O) groups is 1. The minimum atomic E-state index is -3.10. The van der Waals surface area contributed by atoms with Crippen LogP contribution in [0.3, 0.4) is 0 Å². The second kappa shape index (κ2) is 6.32. The number of hydrogen-bond acceptors (Lipinski definition) is 4. The van der Waals surface area contributed by atoms with Gasteiger partial charge in [-0.15, -0.1) is 0 Å². The molecule has 100 valence electrons. The van der Waals surface area contributed by atoms with E-state index in [1.54, 1.807) is 0 Å². The van der Waals surface area contributed by atoms with Crippen molar-refractivity contribution in [3.63, 3.8) is 0 Å². The van der Waals surface area contributed by atoms with E-state index in [0.29, 0.717) is 19.5 Å². The van der Waals surface area contributed by atoms with Gasteiger partial charge in [0.2, 0.25) is 15.9 Å². The van der Waals surface area contributed by atoms with Gasteiger partial charge in [-0.05, 0) is 6.42 Å². The molecule has 0 aromatic carbocycles. The third-order valence-corrected chi connectivity index (χ3v) is 3.48. The van der Waals surface area contributed by atoms with Gasteiger partial charge in [-0.1, -0.05) is 6.92 Å². The average Bonchev–Trinajstić information content (AvgIpc) is 2.63. The number of sulfonamides is 1. The molecular formula is C10H21N3O3S. The normalized spacial score (nSPS) is 21.6. The first-order valence-electron chi connectivity index (χ1n) is 5.87. The van der Waals surface area contributed by atoms with Crippen LogP contribution in [-0.4, -0.2) is 57.7 Å². The summed E-state index contributed by atoms with van der Waals surface area (Å²) in [7, 11) is -3.10. The van der Waals surface area contributed by atoms with Crippen LogP contribution in [0.25, 0.3) is 0 Å². The summed E-state index contributed by atoms with van der Waals surface area (Å²) in [5, 5.41) is 2.95. The lowest BCUT2D eigenvalue weighted by molar-refractivity contribution is -0.121. The highest BCUT2D eigenvalue weighted by atomic mass is 32.2. The van der Waals surface area contributed by atoms with Crippen molar-refractivity contribution in [3.05, 3.63) is 0 Å². The standard InChI is InChI=1S/C10H21N3O3S/c1-3-10(14)12-9-4-6-13(8-9)7-5-11-17(2,15)16/h9,11H,3-8H2,1-2H3,(H,12,14). The first-order valence-corrected chi connectivity index (χ1v) is 7.76. The molecule has 0 bridgehead atoms. The molecule has 1 saturated heterocycles. The van der Waals surface area contributed by atoms with Gasteiger partial charge in [-0.25, -0.2) is 13.1 Å². The lowest BCUT2D eigenvalue weighted by Gasteiger charge is -2.16. The van der Waals surface area contributed by atoms with E-state index in [0.717, 1.165) is 25.8 Å². The largest absolute Gasteiger partial charge is 0.352 e. The van der Waals surface area contributed by atoms with Gasteiger partial charge in [0.05, 0.1) is 6.26 Å². The second-order valence-corrected chi connectivity index (χ2v) is 6.21. The number of carbonyl (C=O) groups excluding carboxylic acids is 1. The van der Waals surface area contributed by atoms with Crippen molar-refractivity contribution in [1.29, 1.82) is 0 Å². The number of likely N-dealkylation sites (tertiary alicyclic amines) is 1. The van der Waals surface area contributed by atoms with Crippen molar-refractivity contribution >= 4 is 15.9 Å². The Hall–Kier alpha value is -0.660. The number of amides is 1. The fraction of sp³-hybridized carbons (Fsp3) is 0.900. The predicted molar refractivity (Wildman–Crippen MR) is 66.1 cm³/mol. The molecule has 17 heavy (non-hydrogen) atoms. The molecule has 0 aromatic heterocycles. The summed E-state index contributed by atoms with van der Waals surface area (Å²) in [5.74, 6) is 0.0751. The molecule has 1 unspecified atom stereocenters. The predicted octanol–water partition coefficient (Wildman–Crippen LogP) is -0.864. The Balaban J connectivity index is 2.20. The van der Waals surface area contributed by atoms with Crippen molar-refractivity contribution in [2.24, 2.45) is 0 Å². The maximum Gasteiger partial charge on any atom is 0.219 e. The average molecular weight is 263 g/mol. The van der Waals surface area contributed by atoms with Crippen molar-refractivity contribution in [3.8, 4) is 0 Å². The Morgan fingerprint density at radius 1 is 1.47 bits per heavy atom. The molecule has 1 fully saturated rings. The van der Waals surface area contributed by atoms with Gasteiger partial charge < -0.3 is 5.32 Å². The first kappa shape index (κ1) is 14.4. The molecule has 0 spiro atoms. The fourth-order valence-corrected chi connectivity index (χ4v) is 2.33. The van der Waals surface area contributed by atoms with E-state index < -0.39 is 10.0 Å². The lowest BCUT2D eigenvalue weighted by atomic mass is 10.2. The number of nitrogens with zero attached hydrogens (tertiary/aromatic N) is 1. The molecule has 1 aliphatic heterocycles. The zero-order valence-electron chi connectivity index (χ0n) is 10.4. The molecule has 1 heterocycles. The topological polar surface area (TPSA) is 78.5 Å². The van der Waals surface area contributed by atoms with Gasteiger partial charge in [0.15, 0.2) is 0 Å². The Morgan fingerprint density at radius 2 is 2.18 bits per heavy atom. The van der Waals surface area contributed by atoms with Crippen LogP contribution in [0.4, 0.5) is 0 Å². The molecule has 0 radical (unpaired) electrons. The van der Waals surface area contributed by atoms with Gasteiger partial charge in [0, 0.05) is 38.6 Å². The van der Waals surface area contributed by atoms with E-state index in [-0.39, 0.29) is 11.9 Å². The van der Waals surface area contributed by atoms with Crippen molar-refractivity contribution in [1.82, 2.24) is 14.9 Å². The van der Waals surface area contributed by atoms with E-state index in [2.05, 4.69) is 14.9 Å². The molecule has 1 rings (SSSR count). The van der Waals surface area contributed by atoms with Crippen molar-refractivity contribution in [2.45, 2.75) is 25.8 Å². The van der Waals surface area contributed by atoms with Crippen LogP contribution in [0.15, 0.2) is 0 Å². The van der Waals surface area contributed by atoms with Crippen LogP contribution >= 0.6 is 0 Å². The van der Waals surface area contributed by atoms with Crippen LogP contribution in [0.1, 0.15) is 19.8 Å². The van der Waals surface area contributed by atoms with Crippen LogP contribution in [0.2, 0.25) is 0 Å².